The number of hydrogen-bond donors (Lipinski definition) is 1. The molecule has 2 rings (SSSR count). The smallest absolute Gasteiger partial charge is 0.269 e. The predicted octanol–water partition coefficient (Wildman–Crippen LogP) is 1.38. The molecule has 0 spiro atoms. The normalized spacial score (nSPS) is 10.9. The van der Waals surface area contributed by atoms with Crippen LogP contribution in [0, 0.1) is 17.0 Å². The monoisotopic (exact) mass is 317 g/mol. The number of aliphatic imine (C=N–C) groups is 1. The quantitative estimate of drug-likeness (QED) is 0.283. The summed E-state index contributed by atoms with van der Waals surface area (Å²) >= 11 is 0. The number of hydroxylamine groups is 1. The molecule has 0 aliphatic rings. The van der Waals surface area contributed by atoms with Gasteiger partial charge in [-0.15, -0.1) is 0 Å². The fourth-order valence-electron chi connectivity index (χ4n) is 1.71. The Morgan fingerprint density at radius 1 is 1.43 bits per heavy atom. The van der Waals surface area contributed by atoms with Crippen molar-refractivity contribution in [2.45, 2.75) is 13.5 Å². The minimum Gasteiger partial charge on any atom is -0.280 e. The van der Waals surface area contributed by atoms with Crippen molar-refractivity contribution in [2.75, 3.05) is 0 Å². The molecular formula is C14H15N5O4. The molecule has 9 nitrogen and oxygen atoms in total. The summed E-state index contributed by atoms with van der Waals surface area (Å²) in [6.45, 7) is 1.91. The average Bonchev–Trinajstić information content (AvgIpc) is 2.52. The third-order valence-corrected chi connectivity index (χ3v) is 2.94. The Labute approximate surface area is 131 Å². The molecule has 0 amide bonds. The van der Waals surface area contributed by atoms with E-state index in [1.54, 1.807) is 26.1 Å². The van der Waals surface area contributed by atoms with E-state index in [2.05, 4.69) is 15.5 Å². The van der Waals surface area contributed by atoms with E-state index in [0.29, 0.717) is 5.69 Å². The number of rotatable bonds is 6. The minimum atomic E-state index is -0.464. The molecule has 0 saturated carbocycles. The summed E-state index contributed by atoms with van der Waals surface area (Å²) in [6.07, 6.45) is 1.27. The molecule has 23 heavy (non-hydrogen) atoms. The molecule has 2 aromatic rings. The maximum atomic E-state index is 11.6. The van der Waals surface area contributed by atoms with Gasteiger partial charge in [0.15, 0.2) is 0 Å². The van der Waals surface area contributed by atoms with Crippen LogP contribution in [0.4, 0.5) is 11.6 Å². The lowest BCUT2D eigenvalue weighted by Gasteiger charge is -2.04. The third kappa shape index (κ3) is 4.45. The van der Waals surface area contributed by atoms with Crippen LogP contribution in [-0.2, 0) is 18.5 Å². The van der Waals surface area contributed by atoms with Gasteiger partial charge >= 0.3 is 0 Å². The van der Waals surface area contributed by atoms with E-state index in [4.69, 9.17) is 4.84 Å². The van der Waals surface area contributed by atoms with Gasteiger partial charge in [0.2, 0.25) is 5.95 Å². The lowest BCUT2D eigenvalue weighted by atomic mass is 10.2. The molecule has 0 aliphatic heterocycles. The van der Waals surface area contributed by atoms with Gasteiger partial charge in [0, 0.05) is 30.9 Å². The highest BCUT2D eigenvalue weighted by Crippen LogP contribution is 2.12. The summed E-state index contributed by atoms with van der Waals surface area (Å²) in [5.41, 5.74) is 3.67. The zero-order valence-electron chi connectivity index (χ0n) is 12.6. The van der Waals surface area contributed by atoms with E-state index in [0.717, 1.165) is 5.56 Å². The van der Waals surface area contributed by atoms with Crippen LogP contribution >= 0.6 is 0 Å². The van der Waals surface area contributed by atoms with Gasteiger partial charge < -0.3 is 0 Å². The zero-order valence-corrected chi connectivity index (χ0v) is 12.6. The molecule has 1 heterocycles. The minimum absolute atomic E-state index is 0.0229. The van der Waals surface area contributed by atoms with Crippen molar-refractivity contribution >= 4 is 18.0 Å². The number of nitro groups is 1. The largest absolute Gasteiger partial charge is 0.280 e. The molecule has 1 N–H and O–H groups in total. The highest BCUT2D eigenvalue weighted by Gasteiger charge is 2.03. The molecule has 0 fully saturated rings. The number of nitrogens with zero attached hydrogens (tertiary/aromatic N) is 4. The maximum Gasteiger partial charge on any atom is 0.269 e. The van der Waals surface area contributed by atoms with Crippen molar-refractivity contribution < 1.29 is 9.76 Å². The molecule has 0 saturated heterocycles. The number of aromatic nitrogens is 2. The SMILES string of the molecule is Cc1cc(=O)n(C)c(/N=C/NOCc2ccc([N+](=O)[O-])cc2)n1. The Morgan fingerprint density at radius 3 is 2.78 bits per heavy atom. The van der Waals surface area contributed by atoms with E-state index in [1.807, 2.05) is 0 Å². The maximum absolute atomic E-state index is 11.6. The molecule has 1 aromatic heterocycles. The van der Waals surface area contributed by atoms with Gasteiger partial charge in [-0.1, -0.05) is 0 Å². The van der Waals surface area contributed by atoms with Crippen molar-refractivity contribution in [1.82, 2.24) is 15.0 Å². The van der Waals surface area contributed by atoms with E-state index >= 15 is 0 Å². The zero-order chi connectivity index (χ0) is 16.8. The standard InChI is InChI=1S/C14H15N5O4/c1-10-7-13(20)18(2)14(17-10)15-9-16-23-8-11-3-5-12(6-4-11)19(21)22/h3-7,9H,8H2,1-2H3,(H,15,16,17). The number of benzene rings is 1. The molecule has 1 aromatic carbocycles. The lowest BCUT2D eigenvalue weighted by molar-refractivity contribution is -0.384. The van der Waals surface area contributed by atoms with Gasteiger partial charge in [0.1, 0.15) is 6.34 Å². The summed E-state index contributed by atoms with van der Waals surface area (Å²) in [4.78, 5) is 34.9. The Bertz CT molecular complexity index is 783. The second-order valence-electron chi connectivity index (χ2n) is 4.68. The van der Waals surface area contributed by atoms with Crippen LogP contribution in [0.25, 0.3) is 0 Å². The second-order valence-corrected chi connectivity index (χ2v) is 4.68. The molecule has 0 bridgehead atoms. The van der Waals surface area contributed by atoms with Crippen molar-refractivity contribution in [3.63, 3.8) is 0 Å². The van der Waals surface area contributed by atoms with E-state index in [9.17, 15) is 14.9 Å². The number of hydrogen-bond acceptors (Lipinski definition) is 6. The van der Waals surface area contributed by atoms with Gasteiger partial charge in [0.25, 0.3) is 11.2 Å². The Hall–Kier alpha value is -3.07. The van der Waals surface area contributed by atoms with E-state index < -0.39 is 4.92 Å². The first-order valence-electron chi connectivity index (χ1n) is 6.65. The van der Waals surface area contributed by atoms with Crippen LogP contribution in [0.5, 0.6) is 0 Å². The van der Waals surface area contributed by atoms with Gasteiger partial charge in [-0.2, -0.15) is 0 Å². The number of nitrogens with one attached hydrogen (secondary N) is 1. The third-order valence-electron chi connectivity index (χ3n) is 2.94. The van der Waals surface area contributed by atoms with E-state index in [-0.39, 0.29) is 23.8 Å². The number of non-ortho nitro benzene ring substituents is 1. The summed E-state index contributed by atoms with van der Waals surface area (Å²) in [5, 5.41) is 10.5. The Morgan fingerprint density at radius 2 is 2.13 bits per heavy atom. The van der Waals surface area contributed by atoms with Crippen LogP contribution in [0.15, 0.2) is 40.1 Å². The van der Waals surface area contributed by atoms with E-state index in [1.165, 1.54) is 29.1 Å². The van der Waals surface area contributed by atoms with Crippen LogP contribution in [0.1, 0.15) is 11.3 Å². The van der Waals surface area contributed by atoms with Gasteiger partial charge in [-0.3, -0.25) is 29.8 Å². The molecule has 0 unspecified atom stereocenters. The fraction of sp³-hybridized carbons (Fsp3) is 0.214. The first-order chi connectivity index (χ1) is 11.0. The highest BCUT2D eigenvalue weighted by atomic mass is 16.6. The van der Waals surface area contributed by atoms with Crippen molar-refractivity contribution in [1.29, 1.82) is 0 Å². The molecule has 9 heteroatoms. The topological polar surface area (TPSA) is 112 Å². The van der Waals surface area contributed by atoms with Crippen LogP contribution < -0.4 is 11.0 Å². The van der Waals surface area contributed by atoms with Gasteiger partial charge in [-0.25, -0.2) is 9.98 Å². The fourth-order valence-corrected chi connectivity index (χ4v) is 1.71. The van der Waals surface area contributed by atoms with Crippen LogP contribution in [0.3, 0.4) is 0 Å². The van der Waals surface area contributed by atoms with Crippen LogP contribution in [-0.4, -0.2) is 20.8 Å². The van der Waals surface area contributed by atoms with Crippen LogP contribution in [0.2, 0.25) is 0 Å². The summed E-state index contributed by atoms with van der Waals surface area (Å²) in [5.74, 6) is 0.251. The Balaban J connectivity index is 1.88. The first kappa shape index (κ1) is 16.3. The first-order valence-corrected chi connectivity index (χ1v) is 6.65. The molecule has 0 aliphatic carbocycles. The highest BCUT2D eigenvalue weighted by molar-refractivity contribution is 5.56. The molecular weight excluding hydrogens is 302 g/mol. The summed E-state index contributed by atoms with van der Waals surface area (Å²) < 4.78 is 1.31. The Kier molecular flexibility index (Phi) is 5.15. The number of aryl methyl sites for hydroxylation is 1. The summed E-state index contributed by atoms with van der Waals surface area (Å²) in [7, 11) is 1.57. The predicted molar refractivity (Wildman–Crippen MR) is 83.4 cm³/mol. The second kappa shape index (κ2) is 7.27. The van der Waals surface area contributed by atoms with Gasteiger partial charge in [0.05, 0.1) is 11.5 Å². The molecule has 120 valence electrons. The number of nitro benzene ring substituents is 1. The van der Waals surface area contributed by atoms with Crippen molar-refractivity contribution in [3.8, 4) is 0 Å². The lowest BCUT2D eigenvalue weighted by Crippen LogP contribution is -2.18. The average molecular weight is 317 g/mol. The van der Waals surface area contributed by atoms with Crippen molar-refractivity contribution in [3.05, 3.63) is 62.1 Å². The van der Waals surface area contributed by atoms with Crippen molar-refractivity contribution in [2.24, 2.45) is 12.0 Å². The summed E-state index contributed by atoms with van der Waals surface area (Å²) in [6, 6.07) is 7.42. The van der Waals surface area contributed by atoms with Gasteiger partial charge in [-0.05, 0) is 24.6 Å². The molecule has 0 radical (unpaired) electrons. The molecule has 0 atom stereocenters.